The molecule has 122 valence electrons. The number of aromatic nitrogens is 2. The molecule has 0 aliphatic rings. The molecule has 1 heterocycles. The first kappa shape index (κ1) is 16.8. The average molecular weight is 336 g/mol. The lowest BCUT2D eigenvalue weighted by Crippen LogP contribution is -2.25. The van der Waals surface area contributed by atoms with Crippen molar-refractivity contribution in [2.75, 3.05) is 7.05 Å². The summed E-state index contributed by atoms with van der Waals surface area (Å²) in [6.45, 7) is 0.263. The molecule has 2 aromatic rings. The van der Waals surface area contributed by atoms with Crippen LogP contribution in [0.2, 0.25) is 0 Å². The van der Waals surface area contributed by atoms with Gasteiger partial charge < -0.3 is 5.32 Å². The van der Waals surface area contributed by atoms with E-state index in [1.807, 2.05) is 0 Å². The van der Waals surface area contributed by atoms with Crippen molar-refractivity contribution in [1.82, 2.24) is 20.2 Å². The van der Waals surface area contributed by atoms with Gasteiger partial charge >= 0.3 is 0 Å². The minimum absolute atomic E-state index is 0.0998. The standard InChI is InChI=1S/C14H16N4O4S/c1-15-23(21,22)9-11-4-2-10(3-5-11)8-16-14(20)12-6-7-13(19)18-17-12/h2-7,15H,8-9H2,1H3,(H,16,20)(H,18,19). The topological polar surface area (TPSA) is 121 Å². The van der Waals surface area contributed by atoms with Crippen LogP contribution in [0.15, 0.2) is 41.2 Å². The van der Waals surface area contributed by atoms with Crippen LogP contribution in [0, 0.1) is 0 Å². The first-order chi connectivity index (χ1) is 10.9. The van der Waals surface area contributed by atoms with Gasteiger partial charge in [0, 0.05) is 12.6 Å². The number of benzene rings is 1. The molecule has 0 aliphatic carbocycles. The third kappa shape index (κ3) is 5.01. The largest absolute Gasteiger partial charge is 0.347 e. The molecule has 0 bridgehead atoms. The zero-order valence-electron chi connectivity index (χ0n) is 12.4. The second kappa shape index (κ2) is 7.16. The maximum Gasteiger partial charge on any atom is 0.271 e. The summed E-state index contributed by atoms with van der Waals surface area (Å²) in [6.07, 6.45) is 0. The Balaban J connectivity index is 1.95. The fourth-order valence-corrected chi connectivity index (χ4v) is 2.56. The number of H-pyrrole nitrogens is 1. The zero-order chi connectivity index (χ0) is 16.9. The lowest BCUT2D eigenvalue weighted by atomic mass is 10.1. The molecule has 0 unspecified atom stereocenters. The van der Waals surface area contributed by atoms with E-state index in [9.17, 15) is 18.0 Å². The molecular formula is C14H16N4O4S. The fourth-order valence-electron chi connectivity index (χ4n) is 1.79. The highest BCUT2D eigenvalue weighted by Crippen LogP contribution is 2.07. The van der Waals surface area contributed by atoms with Crippen LogP contribution in [-0.2, 0) is 22.3 Å². The molecule has 0 saturated carbocycles. The Morgan fingerprint density at radius 3 is 2.35 bits per heavy atom. The van der Waals surface area contributed by atoms with E-state index >= 15 is 0 Å². The summed E-state index contributed by atoms with van der Waals surface area (Å²) in [5.74, 6) is -0.514. The number of nitrogens with one attached hydrogen (secondary N) is 3. The van der Waals surface area contributed by atoms with Gasteiger partial charge in [0.25, 0.3) is 11.5 Å². The van der Waals surface area contributed by atoms with Gasteiger partial charge in [0.05, 0.1) is 5.75 Å². The molecule has 9 heteroatoms. The van der Waals surface area contributed by atoms with Gasteiger partial charge in [-0.3, -0.25) is 9.59 Å². The molecule has 0 radical (unpaired) electrons. The molecule has 8 nitrogen and oxygen atoms in total. The number of carbonyl (C=O) groups excluding carboxylic acids is 1. The molecule has 1 aromatic heterocycles. The highest BCUT2D eigenvalue weighted by atomic mass is 32.2. The van der Waals surface area contributed by atoms with Gasteiger partial charge in [0.1, 0.15) is 5.69 Å². The van der Waals surface area contributed by atoms with Crippen molar-refractivity contribution in [1.29, 1.82) is 0 Å². The third-order valence-corrected chi connectivity index (χ3v) is 4.39. The zero-order valence-corrected chi connectivity index (χ0v) is 13.2. The van der Waals surface area contributed by atoms with Crippen LogP contribution in [0.4, 0.5) is 0 Å². The summed E-state index contributed by atoms with van der Waals surface area (Å²) < 4.78 is 25.1. The van der Waals surface area contributed by atoms with Crippen LogP contribution < -0.4 is 15.6 Å². The van der Waals surface area contributed by atoms with Crippen LogP contribution in [0.1, 0.15) is 21.6 Å². The second-order valence-corrected chi connectivity index (χ2v) is 6.70. The highest BCUT2D eigenvalue weighted by Gasteiger charge is 2.09. The van der Waals surface area contributed by atoms with Crippen molar-refractivity contribution >= 4 is 15.9 Å². The van der Waals surface area contributed by atoms with Gasteiger partial charge in [-0.2, -0.15) is 5.10 Å². The van der Waals surface area contributed by atoms with Gasteiger partial charge in [-0.15, -0.1) is 0 Å². The minimum atomic E-state index is -3.31. The number of hydrogen-bond donors (Lipinski definition) is 3. The Morgan fingerprint density at radius 1 is 1.13 bits per heavy atom. The number of amides is 1. The monoisotopic (exact) mass is 336 g/mol. The summed E-state index contributed by atoms with van der Waals surface area (Å²) in [5.41, 5.74) is 1.19. The summed E-state index contributed by atoms with van der Waals surface area (Å²) in [6, 6.07) is 9.41. The maximum absolute atomic E-state index is 11.8. The van der Waals surface area contributed by atoms with Crippen molar-refractivity contribution in [2.24, 2.45) is 0 Å². The van der Waals surface area contributed by atoms with E-state index in [0.29, 0.717) is 5.56 Å². The van der Waals surface area contributed by atoms with E-state index in [-0.39, 0.29) is 23.6 Å². The van der Waals surface area contributed by atoms with Crippen molar-refractivity contribution in [3.63, 3.8) is 0 Å². The number of hydrogen-bond acceptors (Lipinski definition) is 5. The van der Waals surface area contributed by atoms with E-state index in [0.717, 1.165) is 5.56 Å². The Bertz CT molecular complexity index is 823. The normalized spacial score (nSPS) is 11.2. The van der Waals surface area contributed by atoms with E-state index in [2.05, 4.69) is 20.2 Å². The Hall–Kier alpha value is -2.52. The highest BCUT2D eigenvalue weighted by molar-refractivity contribution is 7.88. The first-order valence-electron chi connectivity index (χ1n) is 6.72. The Morgan fingerprint density at radius 2 is 1.78 bits per heavy atom. The van der Waals surface area contributed by atoms with Gasteiger partial charge in [-0.1, -0.05) is 24.3 Å². The van der Waals surface area contributed by atoms with Gasteiger partial charge in [-0.05, 0) is 24.2 Å². The van der Waals surface area contributed by atoms with Gasteiger partial charge in [0.15, 0.2) is 0 Å². The number of carbonyl (C=O) groups is 1. The predicted octanol–water partition coefficient (Wildman–Crippen LogP) is -0.251. The quantitative estimate of drug-likeness (QED) is 0.671. The molecule has 3 N–H and O–H groups in total. The molecule has 0 aliphatic heterocycles. The van der Waals surface area contributed by atoms with E-state index in [1.165, 1.54) is 19.2 Å². The first-order valence-corrected chi connectivity index (χ1v) is 8.38. The molecule has 0 fully saturated rings. The number of rotatable bonds is 6. The lowest BCUT2D eigenvalue weighted by Gasteiger charge is -2.06. The van der Waals surface area contributed by atoms with Crippen molar-refractivity contribution in [3.05, 3.63) is 63.6 Å². The summed E-state index contributed by atoms with van der Waals surface area (Å²) in [4.78, 5) is 22.7. The molecule has 1 aromatic carbocycles. The van der Waals surface area contributed by atoms with Crippen molar-refractivity contribution in [3.8, 4) is 0 Å². The Kier molecular flexibility index (Phi) is 5.24. The molecule has 1 amide bonds. The Labute approximate surface area is 133 Å². The summed E-state index contributed by atoms with van der Waals surface area (Å²) in [5, 5.41) is 8.48. The summed E-state index contributed by atoms with van der Waals surface area (Å²) in [7, 11) is -1.94. The van der Waals surface area contributed by atoms with Gasteiger partial charge in [-0.25, -0.2) is 18.2 Å². The van der Waals surface area contributed by atoms with Crippen molar-refractivity contribution < 1.29 is 13.2 Å². The van der Waals surface area contributed by atoms with E-state index in [1.54, 1.807) is 24.3 Å². The molecule has 0 spiro atoms. The van der Waals surface area contributed by atoms with Crippen molar-refractivity contribution in [2.45, 2.75) is 12.3 Å². The van der Waals surface area contributed by atoms with Crippen LogP contribution in [0.5, 0.6) is 0 Å². The van der Waals surface area contributed by atoms with E-state index in [4.69, 9.17) is 0 Å². The molecular weight excluding hydrogens is 320 g/mol. The molecule has 2 rings (SSSR count). The average Bonchev–Trinajstić information content (AvgIpc) is 2.54. The van der Waals surface area contributed by atoms with Gasteiger partial charge in [0.2, 0.25) is 10.0 Å². The lowest BCUT2D eigenvalue weighted by molar-refractivity contribution is 0.0945. The minimum Gasteiger partial charge on any atom is -0.347 e. The second-order valence-electron chi connectivity index (χ2n) is 4.77. The van der Waals surface area contributed by atoms with E-state index < -0.39 is 15.9 Å². The SMILES string of the molecule is CNS(=O)(=O)Cc1ccc(CNC(=O)c2ccc(=O)[nH]n2)cc1. The van der Waals surface area contributed by atoms with Crippen LogP contribution in [0.3, 0.4) is 0 Å². The summed E-state index contributed by atoms with van der Waals surface area (Å²) >= 11 is 0. The number of aromatic amines is 1. The van der Waals surface area contributed by atoms with Crippen LogP contribution in [-0.4, -0.2) is 31.6 Å². The van der Waals surface area contributed by atoms with Crippen LogP contribution >= 0.6 is 0 Å². The number of nitrogens with zero attached hydrogens (tertiary/aromatic N) is 1. The molecule has 0 saturated heterocycles. The van der Waals surface area contributed by atoms with Crippen LogP contribution in [0.25, 0.3) is 0 Å². The predicted molar refractivity (Wildman–Crippen MR) is 84.2 cm³/mol. The fraction of sp³-hybridized carbons (Fsp3) is 0.214. The maximum atomic E-state index is 11.8. The molecule has 0 atom stereocenters. The molecule has 23 heavy (non-hydrogen) atoms. The number of sulfonamides is 1. The third-order valence-electron chi connectivity index (χ3n) is 3.06. The smallest absolute Gasteiger partial charge is 0.271 e.